The van der Waals surface area contributed by atoms with Crippen molar-refractivity contribution < 1.29 is 23.1 Å². The number of nitrogens with zero attached hydrogens (tertiary/aromatic N) is 3. The molecule has 2 aliphatic heterocycles. The lowest BCUT2D eigenvalue weighted by Gasteiger charge is -2.29. The molecule has 0 radical (unpaired) electrons. The fraction of sp³-hybridized carbons (Fsp3) is 0.391. The van der Waals surface area contributed by atoms with Crippen molar-refractivity contribution in [3.63, 3.8) is 0 Å². The summed E-state index contributed by atoms with van der Waals surface area (Å²) >= 11 is 0. The summed E-state index contributed by atoms with van der Waals surface area (Å²) in [6.45, 7) is 0.760. The molecule has 11 heteroatoms. The van der Waals surface area contributed by atoms with Crippen LogP contribution in [0.5, 0.6) is 0 Å². The SMILES string of the molecule is CN.NC1=NC(c2cc(NC(=O)c3ccc(F)cn3)ccc2F)C2(CCN(C(=O)C3CC3)C2)O1. The van der Waals surface area contributed by atoms with Crippen molar-refractivity contribution in [2.75, 3.05) is 25.5 Å². The predicted octanol–water partition coefficient (Wildman–Crippen LogP) is 1.95. The van der Waals surface area contributed by atoms with Crippen LogP contribution in [0.1, 0.15) is 41.4 Å². The van der Waals surface area contributed by atoms with Gasteiger partial charge in [0, 0.05) is 30.1 Å². The summed E-state index contributed by atoms with van der Waals surface area (Å²) in [5.41, 5.74) is 9.95. The molecule has 5 N–H and O–H groups in total. The van der Waals surface area contributed by atoms with E-state index in [9.17, 15) is 18.4 Å². The third-order valence-corrected chi connectivity index (χ3v) is 6.07. The highest BCUT2D eigenvalue weighted by atomic mass is 19.1. The largest absolute Gasteiger partial charge is 0.454 e. The molecule has 180 valence electrons. The molecule has 1 aliphatic carbocycles. The van der Waals surface area contributed by atoms with E-state index in [0.717, 1.165) is 25.1 Å². The molecule has 1 aromatic carbocycles. The molecule has 34 heavy (non-hydrogen) atoms. The zero-order valence-corrected chi connectivity index (χ0v) is 18.6. The van der Waals surface area contributed by atoms with Crippen molar-refractivity contribution in [3.8, 4) is 0 Å². The minimum Gasteiger partial charge on any atom is -0.454 e. The molecule has 1 saturated carbocycles. The lowest BCUT2D eigenvalue weighted by atomic mass is 9.88. The van der Waals surface area contributed by atoms with Gasteiger partial charge in [-0.25, -0.2) is 18.8 Å². The number of amidine groups is 1. The van der Waals surface area contributed by atoms with Gasteiger partial charge in [-0.15, -0.1) is 0 Å². The number of carbonyl (C=O) groups excluding carboxylic acids is 2. The molecule has 2 atom stereocenters. The first-order chi connectivity index (χ1) is 16.3. The molecule has 9 nitrogen and oxygen atoms in total. The zero-order valence-electron chi connectivity index (χ0n) is 18.6. The van der Waals surface area contributed by atoms with Gasteiger partial charge in [0.25, 0.3) is 11.9 Å². The van der Waals surface area contributed by atoms with Gasteiger partial charge in [0.15, 0.2) is 5.60 Å². The smallest absolute Gasteiger partial charge is 0.283 e. The van der Waals surface area contributed by atoms with Crippen LogP contribution in [-0.2, 0) is 9.53 Å². The van der Waals surface area contributed by atoms with Crippen LogP contribution in [0.2, 0.25) is 0 Å². The van der Waals surface area contributed by atoms with Crippen molar-refractivity contribution >= 4 is 23.5 Å². The molecule has 2 unspecified atom stereocenters. The van der Waals surface area contributed by atoms with Gasteiger partial charge in [-0.1, -0.05) is 0 Å². The third kappa shape index (κ3) is 4.56. The first-order valence-electron chi connectivity index (χ1n) is 11.0. The Morgan fingerprint density at radius 1 is 1.21 bits per heavy atom. The van der Waals surface area contributed by atoms with Crippen LogP contribution in [0, 0.1) is 17.6 Å². The standard InChI is InChI=1S/C22H21F2N5O3.CH5N/c23-13-3-6-17(26-10-13)19(30)27-14-4-5-16(24)15(9-14)18-22(32-21(25)28-18)7-8-29(11-22)20(31)12-1-2-12;1-2/h3-6,9-10,12,18H,1-2,7-8,11H2,(H2,25,28)(H,27,30);2H2,1H3. The van der Waals surface area contributed by atoms with E-state index in [4.69, 9.17) is 10.5 Å². The number of benzene rings is 1. The Labute approximate surface area is 195 Å². The number of pyridine rings is 1. The Hall–Kier alpha value is -3.60. The number of halogens is 2. The molecule has 5 rings (SSSR count). The quantitative estimate of drug-likeness (QED) is 0.622. The second-order valence-corrected chi connectivity index (χ2v) is 8.37. The highest BCUT2D eigenvalue weighted by molar-refractivity contribution is 6.02. The third-order valence-electron chi connectivity index (χ3n) is 6.07. The number of hydrogen-bond donors (Lipinski definition) is 3. The van der Waals surface area contributed by atoms with Gasteiger partial charge in [-0.2, -0.15) is 0 Å². The number of carbonyl (C=O) groups is 2. The highest BCUT2D eigenvalue weighted by Gasteiger charge is 2.54. The summed E-state index contributed by atoms with van der Waals surface area (Å²) in [7, 11) is 1.50. The molecule has 0 bridgehead atoms. The van der Waals surface area contributed by atoms with Gasteiger partial charge < -0.3 is 26.4 Å². The van der Waals surface area contributed by atoms with Crippen molar-refractivity contribution in [2.45, 2.75) is 30.9 Å². The molecular weight excluding hydrogens is 446 g/mol. The molecule has 1 saturated heterocycles. The number of amides is 2. The Bertz CT molecular complexity index is 1120. The zero-order chi connectivity index (χ0) is 24.5. The summed E-state index contributed by atoms with van der Waals surface area (Å²) in [6.07, 6.45) is 3.20. The summed E-state index contributed by atoms with van der Waals surface area (Å²) in [5, 5.41) is 2.63. The van der Waals surface area contributed by atoms with Crippen molar-refractivity contribution in [1.29, 1.82) is 0 Å². The number of nitrogens with two attached hydrogens (primary N) is 2. The summed E-state index contributed by atoms with van der Waals surface area (Å²) in [6, 6.07) is 5.67. The topological polar surface area (TPSA) is 136 Å². The molecule has 2 aromatic rings. The number of ether oxygens (including phenoxy) is 1. The van der Waals surface area contributed by atoms with E-state index < -0.39 is 29.2 Å². The molecule has 1 spiro atoms. The van der Waals surface area contributed by atoms with Crippen LogP contribution < -0.4 is 16.8 Å². The average molecular weight is 472 g/mol. The Kier molecular flexibility index (Phi) is 6.47. The maximum atomic E-state index is 14.9. The number of likely N-dealkylation sites (tertiary alicyclic amines) is 1. The molecule has 3 heterocycles. The number of hydrogen-bond acceptors (Lipinski definition) is 7. The molecule has 1 aromatic heterocycles. The number of anilines is 1. The van der Waals surface area contributed by atoms with Crippen LogP contribution >= 0.6 is 0 Å². The predicted molar refractivity (Wildman–Crippen MR) is 121 cm³/mol. The molecule has 2 fully saturated rings. The number of aliphatic imine (C=N–C) groups is 1. The van der Waals surface area contributed by atoms with E-state index >= 15 is 0 Å². The van der Waals surface area contributed by atoms with Gasteiger partial charge in [-0.3, -0.25) is 9.59 Å². The van der Waals surface area contributed by atoms with Crippen molar-refractivity contribution in [1.82, 2.24) is 9.88 Å². The summed E-state index contributed by atoms with van der Waals surface area (Å²) in [4.78, 5) is 34.8. The van der Waals surface area contributed by atoms with E-state index in [0.29, 0.717) is 18.7 Å². The van der Waals surface area contributed by atoms with Crippen LogP contribution in [0.4, 0.5) is 14.5 Å². The Balaban J connectivity index is 0.00000133. The minimum absolute atomic E-state index is 0.0187. The fourth-order valence-corrected chi connectivity index (χ4v) is 4.31. The first kappa shape index (κ1) is 23.6. The van der Waals surface area contributed by atoms with E-state index in [1.54, 1.807) is 4.90 Å². The number of nitrogens with one attached hydrogen (secondary N) is 1. The average Bonchev–Trinajstić information content (AvgIpc) is 3.53. The lowest BCUT2D eigenvalue weighted by Crippen LogP contribution is -2.42. The Morgan fingerprint density at radius 2 is 1.97 bits per heavy atom. The van der Waals surface area contributed by atoms with Gasteiger partial charge in [0.05, 0.1) is 12.7 Å². The maximum Gasteiger partial charge on any atom is 0.283 e. The van der Waals surface area contributed by atoms with Gasteiger partial charge >= 0.3 is 0 Å². The number of aromatic nitrogens is 1. The molecule has 3 aliphatic rings. The minimum atomic E-state index is -0.948. The van der Waals surface area contributed by atoms with Crippen LogP contribution in [0.25, 0.3) is 0 Å². The van der Waals surface area contributed by atoms with Crippen LogP contribution in [0.3, 0.4) is 0 Å². The van der Waals surface area contributed by atoms with Gasteiger partial charge in [0.2, 0.25) is 5.91 Å². The van der Waals surface area contributed by atoms with E-state index in [1.165, 1.54) is 31.3 Å². The summed E-state index contributed by atoms with van der Waals surface area (Å²) in [5.74, 6) is -1.49. The van der Waals surface area contributed by atoms with Crippen LogP contribution in [-0.4, -0.2) is 53.5 Å². The second-order valence-electron chi connectivity index (χ2n) is 8.37. The fourth-order valence-electron chi connectivity index (χ4n) is 4.31. The van der Waals surface area contributed by atoms with Crippen molar-refractivity contribution in [3.05, 3.63) is 59.4 Å². The van der Waals surface area contributed by atoms with Gasteiger partial charge in [-0.05, 0) is 50.2 Å². The maximum absolute atomic E-state index is 14.9. The van der Waals surface area contributed by atoms with Gasteiger partial charge in [0.1, 0.15) is 23.4 Å². The van der Waals surface area contributed by atoms with E-state index in [1.807, 2.05) is 0 Å². The summed E-state index contributed by atoms with van der Waals surface area (Å²) < 4.78 is 33.8. The first-order valence-corrected chi connectivity index (χ1v) is 11.0. The second kappa shape index (κ2) is 9.34. The molecular formula is C23H26F2N6O3. The monoisotopic (exact) mass is 472 g/mol. The van der Waals surface area contributed by atoms with Crippen LogP contribution in [0.15, 0.2) is 41.5 Å². The highest BCUT2D eigenvalue weighted by Crippen LogP contribution is 2.46. The van der Waals surface area contributed by atoms with E-state index in [2.05, 4.69) is 21.0 Å². The number of rotatable bonds is 4. The normalized spacial score (nSPS) is 23.1. The lowest BCUT2D eigenvalue weighted by molar-refractivity contribution is -0.132. The Morgan fingerprint density at radius 3 is 2.65 bits per heavy atom. The van der Waals surface area contributed by atoms with E-state index in [-0.39, 0.29) is 35.6 Å². The van der Waals surface area contributed by atoms with Crippen molar-refractivity contribution in [2.24, 2.45) is 22.4 Å². The molecule has 2 amide bonds.